The Morgan fingerprint density at radius 1 is 1.33 bits per heavy atom. The van der Waals surface area contributed by atoms with E-state index in [1.54, 1.807) is 0 Å². The predicted molar refractivity (Wildman–Crippen MR) is 51.0 cm³/mol. The minimum Gasteiger partial charge on any atom is -0.327 e. The highest BCUT2D eigenvalue weighted by atomic mass is 16.1. The Kier molecular flexibility index (Phi) is 5.09. The fourth-order valence-electron chi connectivity index (χ4n) is 0.963. The van der Waals surface area contributed by atoms with Crippen molar-refractivity contribution in [1.29, 1.82) is 0 Å². The number of hydrogen-bond donors (Lipinski definition) is 2. The lowest BCUT2D eigenvalue weighted by Crippen LogP contribution is -2.42. The number of nitrogens with two attached hydrogens (primary N) is 1. The predicted octanol–water partition coefficient (Wildman–Crippen LogP) is 0.537. The van der Waals surface area contributed by atoms with E-state index in [2.05, 4.69) is 5.32 Å². The number of carbonyl (C=O) groups is 1. The fourth-order valence-corrected chi connectivity index (χ4v) is 0.963. The molecule has 3 nitrogen and oxygen atoms in total. The van der Waals surface area contributed by atoms with Crippen LogP contribution in [0.3, 0.4) is 0 Å². The molecule has 3 N–H and O–H groups in total. The van der Waals surface area contributed by atoms with E-state index in [9.17, 15) is 4.79 Å². The van der Waals surface area contributed by atoms with E-state index < -0.39 is 0 Å². The Morgan fingerprint density at radius 2 is 1.83 bits per heavy atom. The second-order valence-electron chi connectivity index (χ2n) is 3.66. The summed E-state index contributed by atoms with van der Waals surface area (Å²) in [6.45, 7) is 8.31. The van der Waals surface area contributed by atoms with Gasteiger partial charge in [0.1, 0.15) is 0 Å². The molecule has 0 aliphatic rings. The van der Waals surface area contributed by atoms with E-state index >= 15 is 0 Å². The highest BCUT2D eigenvalue weighted by Gasteiger charge is 2.15. The van der Waals surface area contributed by atoms with E-state index in [4.69, 9.17) is 5.73 Å². The molecule has 0 aliphatic heterocycles. The van der Waals surface area contributed by atoms with E-state index in [1.807, 2.05) is 27.7 Å². The van der Waals surface area contributed by atoms with Crippen LogP contribution in [0.2, 0.25) is 0 Å². The third-order valence-electron chi connectivity index (χ3n) is 1.74. The van der Waals surface area contributed by atoms with Crippen molar-refractivity contribution in [1.82, 2.24) is 5.32 Å². The summed E-state index contributed by atoms with van der Waals surface area (Å²) in [5, 5.41) is 3.09. The molecule has 0 saturated heterocycles. The van der Waals surface area contributed by atoms with Crippen LogP contribution in [-0.4, -0.2) is 24.4 Å². The molecule has 0 spiro atoms. The van der Waals surface area contributed by atoms with Crippen LogP contribution in [0.25, 0.3) is 0 Å². The molecule has 12 heavy (non-hydrogen) atoms. The molecule has 0 saturated carbocycles. The normalized spacial score (nSPS) is 16.2. The minimum absolute atomic E-state index is 0.0731. The lowest BCUT2D eigenvalue weighted by atomic mass is 10.0. The fraction of sp³-hybridized carbons (Fsp3) is 0.889. The zero-order valence-electron chi connectivity index (χ0n) is 8.42. The van der Waals surface area contributed by atoms with Crippen LogP contribution in [-0.2, 0) is 4.79 Å². The molecule has 0 aromatic rings. The summed E-state index contributed by atoms with van der Waals surface area (Å²) in [5.74, 6) is 0.344. The summed E-state index contributed by atoms with van der Waals surface area (Å²) >= 11 is 0. The van der Waals surface area contributed by atoms with Gasteiger partial charge in [-0.05, 0) is 13.8 Å². The van der Waals surface area contributed by atoms with E-state index in [-0.39, 0.29) is 23.8 Å². The maximum Gasteiger partial charge on any atom is 0.151 e. The van der Waals surface area contributed by atoms with Crippen LogP contribution in [0.5, 0.6) is 0 Å². The smallest absolute Gasteiger partial charge is 0.151 e. The highest BCUT2D eigenvalue weighted by molar-refractivity contribution is 5.85. The maximum absolute atomic E-state index is 11.4. The Hall–Kier alpha value is -0.410. The van der Waals surface area contributed by atoms with Gasteiger partial charge in [0.25, 0.3) is 0 Å². The molecule has 72 valence electrons. The molecule has 0 aliphatic carbocycles. The number of ketones is 1. The molecule has 0 aromatic carbocycles. The van der Waals surface area contributed by atoms with Gasteiger partial charge in [0.05, 0.1) is 6.04 Å². The molecule has 0 radical (unpaired) electrons. The molecule has 0 rings (SSSR count). The van der Waals surface area contributed by atoms with Crippen molar-refractivity contribution >= 4 is 5.78 Å². The van der Waals surface area contributed by atoms with Crippen molar-refractivity contribution < 1.29 is 4.79 Å². The Morgan fingerprint density at radius 3 is 2.17 bits per heavy atom. The van der Waals surface area contributed by atoms with Gasteiger partial charge >= 0.3 is 0 Å². The first-order valence-corrected chi connectivity index (χ1v) is 4.47. The molecule has 0 amide bonds. The quantitative estimate of drug-likeness (QED) is 0.636. The number of carbonyl (C=O) groups excluding carboxylic acids is 1. The molecule has 0 aromatic heterocycles. The van der Waals surface area contributed by atoms with Gasteiger partial charge in [0.2, 0.25) is 0 Å². The van der Waals surface area contributed by atoms with Crippen molar-refractivity contribution in [3.63, 3.8) is 0 Å². The second kappa shape index (κ2) is 5.27. The van der Waals surface area contributed by atoms with Crippen molar-refractivity contribution in [2.24, 2.45) is 11.7 Å². The number of nitrogens with one attached hydrogen (secondary N) is 1. The molecule has 2 atom stereocenters. The van der Waals surface area contributed by atoms with Crippen LogP contribution >= 0.6 is 0 Å². The van der Waals surface area contributed by atoms with Gasteiger partial charge in [0.15, 0.2) is 5.78 Å². The van der Waals surface area contributed by atoms with Crippen molar-refractivity contribution in [2.45, 2.75) is 39.8 Å². The first-order chi connectivity index (χ1) is 5.45. The van der Waals surface area contributed by atoms with Gasteiger partial charge in [-0.1, -0.05) is 13.8 Å². The van der Waals surface area contributed by atoms with Gasteiger partial charge < -0.3 is 11.1 Å². The summed E-state index contributed by atoms with van der Waals surface area (Å²) in [6, 6.07) is 0.0309. The average molecular weight is 172 g/mol. The average Bonchev–Trinajstić information content (AvgIpc) is 1.98. The van der Waals surface area contributed by atoms with Crippen molar-refractivity contribution in [3.8, 4) is 0 Å². The van der Waals surface area contributed by atoms with Crippen LogP contribution in [0.4, 0.5) is 0 Å². The Labute approximate surface area is 74.7 Å². The van der Waals surface area contributed by atoms with Gasteiger partial charge in [-0.3, -0.25) is 4.79 Å². The maximum atomic E-state index is 11.4. The van der Waals surface area contributed by atoms with E-state index in [1.165, 1.54) is 0 Å². The monoisotopic (exact) mass is 172 g/mol. The molecular weight excluding hydrogens is 152 g/mol. The SMILES string of the molecule is CC(C)C(=O)[C@H](C)NC[C@H](C)N. The van der Waals surface area contributed by atoms with Crippen LogP contribution in [0, 0.1) is 5.92 Å². The first kappa shape index (κ1) is 11.6. The largest absolute Gasteiger partial charge is 0.327 e. The molecule has 0 fully saturated rings. The minimum atomic E-state index is -0.0731. The van der Waals surface area contributed by atoms with Crippen LogP contribution in [0.15, 0.2) is 0 Å². The summed E-state index contributed by atoms with van der Waals surface area (Å²) in [4.78, 5) is 11.4. The van der Waals surface area contributed by atoms with Gasteiger partial charge in [-0.15, -0.1) is 0 Å². The van der Waals surface area contributed by atoms with Crippen molar-refractivity contribution in [3.05, 3.63) is 0 Å². The zero-order chi connectivity index (χ0) is 9.72. The highest BCUT2D eigenvalue weighted by Crippen LogP contribution is 1.98. The van der Waals surface area contributed by atoms with Gasteiger partial charge in [-0.25, -0.2) is 0 Å². The molecule has 0 heterocycles. The third-order valence-corrected chi connectivity index (χ3v) is 1.74. The summed E-state index contributed by atoms with van der Waals surface area (Å²) < 4.78 is 0. The second-order valence-corrected chi connectivity index (χ2v) is 3.66. The molecular formula is C9H20N2O. The van der Waals surface area contributed by atoms with Gasteiger partial charge in [0, 0.05) is 18.5 Å². The number of rotatable bonds is 5. The number of Topliss-reactive ketones (excluding diaryl/α,β-unsaturated/α-hetero) is 1. The summed E-state index contributed by atoms with van der Waals surface area (Å²) in [5.41, 5.74) is 5.54. The van der Waals surface area contributed by atoms with Crippen molar-refractivity contribution in [2.75, 3.05) is 6.54 Å². The Balaban J connectivity index is 3.72. The Bertz CT molecular complexity index is 143. The molecule has 3 heteroatoms. The number of hydrogen-bond acceptors (Lipinski definition) is 3. The third kappa shape index (κ3) is 4.46. The summed E-state index contributed by atoms with van der Waals surface area (Å²) in [6.07, 6.45) is 0. The lowest BCUT2D eigenvalue weighted by molar-refractivity contribution is -0.123. The zero-order valence-corrected chi connectivity index (χ0v) is 8.42. The van der Waals surface area contributed by atoms with E-state index in [0.717, 1.165) is 0 Å². The standard InChI is InChI=1S/C9H20N2O/c1-6(2)9(12)8(4)11-5-7(3)10/h6-8,11H,5,10H2,1-4H3/t7-,8-/m0/s1. The van der Waals surface area contributed by atoms with Crippen LogP contribution < -0.4 is 11.1 Å². The summed E-state index contributed by atoms with van der Waals surface area (Å²) in [7, 11) is 0. The molecule has 0 unspecified atom stereocenters. The van der Waals surface area contributed by atoms with Gasteiger partial charge in [-0.2, -0.15) is 0 Å². The van der Waals surface area contributed by atoms with Crippen LogP contribution in [0.1, 0.15) is 27.7 Å². The molecule has 0 bridgehead atoms. The lowest BCUT2D eigenvalue weighted by Gasteiger charge is -2.16. The first-order valence-electron chi connectivity index (χ1n) is 4.47. The topological polar surface area (TPSA) is 55.1 Å². The van der Waals surface area contributed by atoms with E-state index in [0.29, 0.717) is 6.54 Å².